The molecule has 0 aromatic carbocycles. The number of aryl methyl sites for hydroxylation is 2. The second-order valence-electron chi connectivity index (χ2n) is 6.83. The number of thiophene rings is 1. The van der Waals surface area contributed by atoms with Crippen molar-refractivity contribution in [1.82, 2.24) is 29.8 Å². The Morgan fingerprint density at radius 1 is 1.38 bits per heavy atom. The van der Waals surface area contributed by atoms with Crippen molar-refractivity contribution in [3.8, 4) is 0 Å². The molecule has 136 valence electrons. The average Bonchev–Trinajstić information content (AvgIpc) is 3.24. The fourth-order valence-corrected chi connectivity index (χ4v) is 4.31. The molecule has 1 aliphatic heterocycles. The van der Waals surface area contributed by atoms with Gasteiger partial charge >= 0.3 is 0 Å². The Hall–Kier alpha value is -2.32. The second kappa shape index (κ2) is 7.13. The van der Waals surface area contributed by atoms with Crippen LogP contribution in [0, 0.1) is 13.8 Å². The van der Waals surface area contributed by atoms with Gasteiger partial charge in [-0.15, -0.1) is 21.5 Å². The van der Waals surface area contributed by atoms with E-state index in [1.165, 1.54) is 4.88 Å². The van der Waals surface area contributed by atoms with Crippen LogP contribution in [0.15, 0.2) is 23.6 Å². The predicted octanol–water partition coefficient (Wildman–Crippen LogP) is 2.20. The first-order valence-electron chi connectivity index (χ1n) is 8.85. The lowest BCUT2D eigenvalue weighted by molar-refractivity contribution is 0.0889. The molecule has 4 heterocycles. The van der Waals surface area contributed by atoms with Crippen LogP contribution in [0.5, 0.6) is 0 Å². The molecule has 26 heavy (non-hydrogen) atoms. The molecular weight excluding hydrogens is 348 g/mol. The quantitative estimate of drug-likeness (QED) is 0.762. The Balaban J connectivity index is 1.46. The number of amides is 1. The van der Waals surface area contributed by atoms with Gasteiger partial charge < -0.3 is 5.32 Å². The highest BCUT2D eigenvalue weighted by Crippen LogP contribution is 2.17. The summed E-state index contributed by atoms with van der Waals surface area (Å²) in [5.74, 6) is 0.588. The van der Waals surface area contributed by atoms with Gasteiger partial charge in [0, 0.05) is 35.4 Å². The summed E-state index contributed by atoms with van der Waals surface area (Å²) in [6, 6.07) is 6.29. The zero-order valence-corrected chi connectivity index (χ0v) is 15.8. The van der Waals surface area contributed by atoms with E-state index in [1.807, 2.05) is 19.9 Å². The van der Waals surface area contributed by atoms with E-state index in [4.69, 9.17) is 0 Å². The van der Waals surface area contributed by atoms with Gasteiger partial charge in [0.05, 0.1) is 0 Å². The molecule has 1 fully saturated rings. The third kappa shape index (κ3) is 3.47. The van der Waals surface area contributed by atoms with Crippen LogP contribution in [0.1, 0.15) is 39.7 Å². The zero-order valence-electron chi connectivity index (χ0n) is 15.0. The van der Waals surface area contributed by atoms with Gasteiger partial charge in [0.25, 0.3) is 11.7 Å². The standard InChI is InChI=1S/C18H22N6OS/c1-12-9-13(2)24-16(21-22-18(24)19-12)17(25)20-14-5-3-7-23(10-14)11-15-6-4-8-26-15/h4,6,8-9,14H,3,5,7,10-11H2,1-2H3,(H,20,25). The Kier molecular flexibility index (Phi) is 4.69. The average molecular weight is 370 g/mol. The highest BCUT2D eigenvalue weighted by molar-refractivity contribution is 7.09. The number of carbonyl (C=O) groups excluding carboxylic acids is 1. The monoisotopic (exact) mass is 370 g/mol. The van der Waals surface area contributed by atoms with E-state index in [0.717, 1.165) is 43.9 Å². The van der Waals surface area contributed by atoms with Gasteiger partial charge in [0.15, 0.2) is 0 Å². The SMILES string of the molecule is Cc1cc(C)n2c(C(=O)NC3CCCN(Cc4cccs4)C3)nnc2n1. The zero-order chi connectivity index (χ0) is 18.1. The summed E-state index contributed by atoms with van der Waals surface area (Å²) < 4.78 is 1.72. The van der Waals surface area contributed by atoms with Crippen molar-refractivity contribution in [1.29, 1.82) is 0 Å². The van der Waals surface area contributed by atoms with Crippen molar-refractivity contribution in [2.75, 3.05) is 13.1 Å². The van der Waals surface area contributed by atoms with Gasteiger partial charge in [-0.05, 0) is 50.7 Å². The first-order chi connectivity index (χ1) is 12.6. The van der Waals surface area contributed by atoms with Crippen LogP contribution < -0.4 is 5.32 Å². The minimum absolute atomic E-state index is 0.127. The summed E-state index contributed by atoms with van der Waals surface area (Å²) in [5.41, 5.74) is 1.77. The van der Waals surface area contributed by atoms with E-state index in [9.17, 15) is 4.79 Å². The Morgan fingerprint density at radius 2 is 2.27 bits per heavy atom. The van der Waals surface area contributed by atoms with E-state index in [-0.39, 0.29) is 11.9 Å². The summed E-state index contributed by atoms with van der Waals surface area (Å²) in [5, 5.41) is 13.4. The van der Waals surface area contributed by atoms with E-state index < -0.39 is 0 Å². The molecule has 0 bridgehead atoms. The molecule has 1 saturated heterocycles. The number of nitrogens with zero attached hydrogens (tertiary/aromatic N) is 5. The van der Waals surface area contributed by atoms with Gasteiger partial charge in [0.1, 0.15) is 0 Å². The fourth-order valence-electron chi connectivity index (χ4n) is 3.57. The molecule has 0 saturated carbocycles. The van der Waals surface area contributed by atoms with Crippen LogP contribution in [0.3, 0.4) is 0 Å². The molecule has 1 N–H and O–H groups in total. The van der Waals surface area contributed by atoms with Gasteiger partial charge in [-0.3, -0.25) is 14.1 Å². The van der Waals surface area contributed by atoms with Crippen molar-refractivity contribution in [3.63, 3.8) is 0 Å². The van der Waals surface area contributed by atoms with Gasteiger partial charge in [-0.25, -0.2) is 4.98 Å². The van der Waals surface area contributed by atoms with Crippen molar-refractivity contribution >= 4 is 23.0 Å². The van der Waals surface area contributed by atoms with Crippen LogP contribution in [-0.4, -0.2) is 49.5 Å². The molecule has 1 unspecified atom stereocenters. The van der Waals surface area contributed by atoms with Crippen LogP contribution in [0.25, 0.3) is 5.78 Å². The highest BCUT2D eigenvalue weighted by Gasteiger charge is 2.24. The number of hydrogen-bond donors (Lipinski definition) is 1. The molecule has 1 atom stereocenters. The van der Waals surface area contributed by atoms with Crippen LogP contribution in [-0.2, 0) is 6.54 Å². The number of carbonyl (C=O) groups is 1. The molecule has 0 aliphatic carbocycles. The summed E-state index contributed by atoms with van der Waals surface area (Å²) in [6.07, 6.45) is 2.07. The topological polar surface area (TPSA) is 75.4 Å². The molecule has 0 spiro atoms. The van der Waals surface area contributed by atoms with Crippen molar-refractivity contribution in [2.24, 2.45) is 0 Å². The molecular formula is C18H22N6OS. The number of fused-ring (bicyclic) bond motifs is 1. The third-order valence-corrected chi connectivity index (χ3v) is 5.56. The Labute approximate surface area is 156 Å². The summed E-state index contributed by atoms with van der Waals surface area (Å²) in [4.78, 5) is 20.9. The van der Waals surface area contributed by atoms with E-state index in [2.05, 4.69) is 42.9 Å². The number of piperidine rings is 1. The smallest absolute Gasteiger partial charge is 0.289 e. The van der Waals surface area contributed by atoms with Crippen LogP contribution >= 0.6 is 11.3 Å². The largest absolute Gasteiger partial charge is 0.345 e. The second-order valence-corrected chi connectivity index (χ2v) is 7.86. The molecule has 0 radical (unpaired) electrons. The van der Waals surface area contributed by atoms with Crippen molar-refractivity contribution in [2.45, 2.75) is 39.3 Å². The molecule has 7 nitrogen and oxygen atoms in total. The summed E-state index contributed by atoms with van der Waals surface area (Å²) in [7, 11) is 0. The first-order valence-corrected chi connectivity index (χ1v) is 9.73. The first kappa shape index (κ1) is 17.1. The lowest BCUT2D eigenvalue weighted by atomic mass is 10.1. The predicted molar refractivity (Wildman–Crippen MR) is 100 cm³/mol. The number of nitrogens with one attached hydrogen (secondary N) is 1. The highest BCUT2D eigenvalue weighted by atomic mass is 32.1. The van der Waals surface area contributed by atoms with E-state index >= 15 is 0 Å². The molecule has 4 rings (SSSR count). The van der Waals surface area contributed by atoms with Crippen LogP contribution in [0.2, 0.25) is 0 Å². The van der Waals surface area contributed by atoms with E-state index in [1.54, 1.807) is 15.7 Å². The van der Waals surface area contributed by atoms with E-state index in [0.29, 0.717) is 11.6 Å². The lowest BCUT2D eigenvalue weighted by Gasteiger charge is -2.32. The third-order valence-electron chi connectivity index (χ3n) is 4.70. The normalized spacial score (nSPS) is 18.3. The van der Waals surface area contributed by atoms with Gasteiger partial charge in [0.2, 0.25) is 5.82 Å². The Bertz CT molecular complexity index is 919. The lowest BCUT2D eigenvalue weighted by Crippen LogP contribution is -2.47. The van der Waals surface area contributed by atoms with Crippen LogP contribution in [0.4, 0.5) is 0 Å². The number of rotatable bonds is 4. The van der Waals surface area contributed by atoms with Crippen molar-refractivity contribution in [3.05, 3.63) is 45.7 Å². The summed E-state index contributed by atoms with van der Waals surface area (Å²) in [6.45, 7) is 6.72. The van der Waals surface area contributed by atoms with Gasteiger partial charge in [-0.2, -0.15) is 0 Å². The molecule has 1 aliphatic rings. The number of likely N-dealkylation sites (tertiary alicyclic amines) is 1. The maximum atomic E-state index is 12.8. The fraction of sp³-hybridized carbons (Fsp3) is 0.444. The minimum atomic E-state index is -0.186. The maximum absolute atomic E-state index is 12.8. The van der Waals surface area contributed by atoms with Gasteiger partial charge in [-0.1, -0.05) is 6.07 Å². The minimum Gasteiger partial charge on any atom is -0.345 e. The molecule has 3 aromatic heterocycles. The maximum Gasteiger partial charge on any atom is 0.289 e. The molecule has 8 heteroatoms. The number of hydrogen-bond acceptors (Lipinski definition) is 6. The molecule has 3 aromatic rings. The van der Waals surface area contributed by atoms with Crippen molar-refractivity contribution < 1.29 is 4.79 Å². The summed E-state index contributed by atoms with van der Waals surface area (Å²) >= 11 is 1.78. The Morgan fingerprint density at radius 3 is 3.08 bits per heavy atom. The number of aromatic nitrogens is 4. The molecule has 1 amide bonds.